The second-order valence-corrected chi connectivity index (χ2v) is 5.85. The molecule has 0 atom stereocenters. The summed E-state index contributed by atoms with van der Waals surface area (Å²) >= 11 is 0. The summed E-state index contributed by atoms with van der Waals surface area (Å²) in [6, 6.07) is 10.8. The number of aryl methyl sites for hydroxylation is 1. The van der Waals surface area contributed by atoms with Gasteiger partial charge in [0, 0.05) is 35.5 Å². The number of ether oxygens (including phenoxy) is 2. The predicted molar refractivity (Wildman–Crippen MR) is 101 cm³/mol. The fraction of sp³-hybridized carbons (Fsp3) is 0.200. The topological polar surface area (TPSA) is 76.7 Å². The molecule has 6 heteroatoms. The zero-order valence-electron chi connectivity index (χ0n) is 14.7. The van der Waals surface area contributed by atoms with Gasteiger partial charge >= 0.3 is 0 Å². The minimum Gasteiger partial charge on any atom is -0.497 e. The molecule has 0 unspecified atom stereocenters. The first-order chi connectivity index (χ1) is 12.6. The molecule has 6 nitrogen and oxygen atoms in total. The molecule has 0 fully saturated rings. The van der Waals surface area contributed by atoms with Gasteiger partial charge in [0.05, 0.1) is 14.2 Å². The summed E-state index contributed by atoms with van der Waals surface area (Å²) in [6.07, 6.45) is 4.27. The molecule has 1 heterocycles. The maximum absolute atomic E-state index is 12.2. The van der Waals surface area contributed by atoms with Crippen LogP contribution in [0.4, 0.5) is 11.4 Å². The summed E-state index contributed by atoms with van der Waals surface area (Å²) in [6.45, 7) is 0. The second kappa shape index (κ2) is 7.74. The molecule has 2 aromatic rings. The van der Waals surface area contributed by atoms with Gasteiger partial charge in [0.2, 0.25) is 11.8 Å². The van der Waals surface area contributed by atoms with Crippen LogP contribution in [0.15, 0.2) is 42.5 Å². The van der Waals surface area contributed by atoms with Crippen LogP contribution in [0.25, 0.3) is 6.08 Å². The minimum atomic E-state index is -0.248. The Balaban J connectivity index is 1.69. The summed E-state index contributed by atoms with van der Waals surface area (Å²) in [7, 11) is 3.15. The van der Waals surface area contributed by atoms with Gasteiger partial charge in [0.1, 0.15) is 11.5 Å². The molecule has 0 bridgehead atoms. The molecule has 0 saturated heterocycles. The number of nitrogens with one attached hydrogen (secondary N) is 2. The molecule has 3 rings (SSSR count). The fourth-order valence-electron chi connectivity index (χ4n) is 2.77. The average molecular weight is 352 g/mol. The van der Waals surface area contributed by atoms with E-state index in [1.807, 2.05) is 12.1 Å². The molecule has 1 aliphatic rings. The summed E-state index contributed by atoms with van der Waals surface area (Å²) in [5, 5.41) is 5.65. The van der Waals surface area contributed by atoms with E-state index in [1.165, 1.54) is 6.08 Å². The Morgan fingerprint density at radius 2 is 1.96 bits per heavy atom. The number of amides is 2. The lowest BCUT2D eigenvalue weighted by molar-refractivity contribution is -0.116. The number of methoxy groups -OCH3 is 2. The summed E-state index contributed by atoms with van der Waals surface area (Å²) < 4.78 is 10.5. The number of carbonyl (C=O) groups excluding carboxylic acids is 2. The Bertz CT molecular complexity index is 874. The second-order valence-electron chi connectivity index (χ2n) is 5.85. The summed E-state index contributed by atoms with van der Waals surface area (Å²) in [5.41, 5.74) is 3.29. The number of hydrogen-bond acceptors (Lipinski definition) is 4. The van der Waals surface area contributed by atoms with Gasteiger partial charge in [-0.05, 0) is 48.4 Å². The van der Waals surface area contributed by atoms with E-state index in [-0.39, 0.29) is 11.8 Å². The lowest BCUT2D eigenvalue weighted by atomic mass is 10.0. The van der Waals surface area contributed by atoms with Crippen molar-refractivity contribution in [1.82, 2.24) is 0 Å². The highest BCUT2D eigenvalue weighted by Crippen LogP contribution is 2.27. The van der Waals surface area contributed by atoms with Gasteiger partial charge in [-0.1, -0.05) is 0 Å². The molecule has 26 heavy (non-hydrogen) atoms. The predicted octanol–water partition coefficient (Wildman–Crippen LogP) is 3.24. The largest absolute Gasteiger partial charge is 0.497 e. The number of benzene rings is 2. The van der Waals surface area contributed by atoms with Crippen molar-refractivity contribution in [3.8, 4) is 11.5 Å². The van der Waals surface area contributed by atoms with Crippen LogP contribution in [-0.2, 0) is 16.0 Å². The Kier molecular flexibility index (Phi) is 5.22. The van der Waals surface area contributed by atoms with Crippen molar-refractivity contribution >= 4 is 29.3 Å². The lowest BCUT2D eigenvalue weighted by Gasteiger charge is -2.17. The third kappa shape index (κ3) is 4.03. The first-order valence-corrected chi connectivity index (χ1v) is 8.23. The molecule has 134 valence electrons. The van der Waals surface area contributed by atoms with Gasteiger partial charge in [0.25, 0.3) is 0 Å². The van der Waals surface area contributed by atoms with Crippen LogP contribution in [0.3, 0.4) is 0 Å². The first kappa shape index (κ1) is 17.5. The van der Waals surface area contributed by atoms with E-state index in [0.717, 1.165) is 16.8 Å². The van der Waals surface area contributed by atoms with Crippen molar-refractivity contribution in [2.75, 3.05) is 24.9 Å². The van der Waals surface area contributed by atoms with Crippen molar-refractivity contribution in [2.24, 2.45) is 0 Å². The molecule has 0 saturated carbocycles. The van der Waals surface area contributed by atoms with E-state index in [9.17, 15) is 9.59 Å². The van der Waals surface area contributed by atoms with Crippen LogP contribution in [0.1, 0.15) is 17.5 Å². The quantitative estimate of drug-likeness (QED) is 0.810. The molecule has 0 radical (unpaired) electrons. The van der Waals surface area contributed by atoms with E-state index >= 15 is 0 Å². The average Bonchev–Trinajstić information content (AvgIpc) is 2.66. The van der Waals surface area contributed by atoms with Crippen molar-refractivity contribution < 1.29 is 19.1 Å². The highest BCUT2D eigenvalue weighted by atomic mass is 16.5. The number of hydrogen-bond donors (Lipinski definition) is 2. The third-order valence-electron chi connectivity index (χ3n) is 4.12. The highest BCUT2D eigenvalue weighted by Gasteiger charge is 2.15. The Morgan fingerprint density at radius 3 is 2.73 bits per heavy atom. The highest BCUT2D eigenvalue weighted by molar-refractivity contribution is 6.02. The molecule has 1 aliphatic heterocycles. The van der Waals surface area contributed by atoms with Crippen LogP contribution < -0.4 is 20.1 Å². The van der Waals surface area contributed by atoms with E-state index in [1.54, 1.807) is 44.6 Å². The van der Waals surface area contributed by atoms with Crippen LogP contribution >= 0.6 is 0 Å². The van der Waals surface area contributed by atoms with Gasteiger partial charge in [-0.2, -0.15) is 0 Å². The van der Waals surface area contributed by atoms with Gasteiger partial charge < -0.3 is 20.1 Å². The number of fused-ring (bicyclic) bond motifs is 1. The molecule has 0 aliphatic carbocycles. The fourth-order valence-corrected chi connectivity index (χ4v) is 2.77. The lowest BCUT2D eigenvalue weighted by Crippen LogP contribution is -2.19. The van der Waals surface area contributed by atoms with E-state index < -0.39 is 0 Å². The Hall–Kier alpha value is -3.28. The maximum atomic E-state index is 12.2. The summed E-state index contributed by atoms with van der Waals surface area (Å²) in [4.78, 5) is 23.6. The van der Waals surface area contributed by atoms with Crippen molar-refractivity contribution in [3.63, 3.8) is 0 Å². The number of rotatable bonds is 5. The van der Waals surface area contributed by atoms with E-state index in [4.69, 9.17) is 9.47 Å². The van der Waals surface area contributed by atoms with Gasteiger partial charge in [0.15, 0.2) is 0 Å². The van der Waals surface area contributed by atoms with E-state index in [2.05, 4.69) is 10.6 Å². The van der Waals surface area contributed by atoms with Gasteiger partial charge in [-0.15, -0.1) is 0 Å². The number of anilines is 2. The molecule has 2 amide bonds. The zero-order chi connectivity index (χ0) is 18.5. The molecule has 0 aromatic heterocycles. The van der Waals surface area contributed by atoms with Crippen molar-refractivity contribution in [3.05, 3.63) is 53.6 Å². The first-order valence-electron chi connectivity index (χ1n) is 8.23. The molecule has 2 aromatic carbocycles. The molecule has 0 spiro atoms. The third-order valence-corrected chi connectivity index (χ3v) is 4.12. The van der Waals surface area contributed by atoms with Crippen LogP contribution in [0, 0.1) is 0 Å². The summed E-state index contributed by atoms with van der Waals surface area (Å²) in [5.74, 6) is 1.08. The number of carbonyl (C=O) groups is 2. The normalized spacial score (nSPS) is 13.1. The monoisotopic (exact) mass is 352 g/mol. The standard InChI is InChI=1S/C20H20N2O4/c1-25-16-7-3-13(18(12-16)26-2)4-9-19(23)21-15-6-8-17-14(11-15)5-10-20(24)22-17/h3-4,6-9,11-12H,5,10H2,1-2H3,(H,21,23)(H,22,24)/b9-4+. The molecule has 2 N–H and O–H groups in total. The zero-order valence-corrected chi connectivity index (χ0v) is 14.7. The van der Waals surface area contributed by atoms with Crippen LogP contribution in [0.2, 0.25) is 0 Å². The van der Waals surface area contributed by atoms with Crippen LogP contribution in [0.5, 0.6) is 11.5 Å². The van der Waals surface area contributed by atoms with Gasteiger partial charge in [-0.25, -0.2) is 0 Å². The Labute approximate surface area is 151 Å². The molecular weight excluding hydrogens is 332 g/mol. The van der Waals surface area contributed by atoms with Crippen molar-refractivity contribution in [2.45, 2.75) is 12.8 Å². The van der Waals surface area contributed by atoms with Crippen molar-refractivity contribution in [1.29, 1.82) is 0 Å². The SMILES string of the molecule is COc1ccc(/C=C/C(=O)Nc2ccc3c(c2)CCC(=O)N3)c(OC)c1. The smallest absolute Gasteiger partial charge is 0.248 e. The van der Waals surface area contributed by atoms with E-state index in [0.29, 0.717) is 30.0 Å². The van der Waals surface area contributed by atoms with Crippen LogP contribution in [-0.4, -0.2) is 26.0 Å². The maximum Gasteiger partial charge on any atom is 0.248 e. The minimum absolute atomic E-state index is 0.0191. The van der Waals surface area contributed by atoms with Gasteiger partial charge in [-0.3, -0.25) is 9.59 Å². The molecular formula is C20H20N2O4. The Morgan fingerprint density at radius 1 is 1.12 bits per heavy atom.